The van der Waals surface area contributed by atoms with E-state index < -0.39 is 0 Å². The third kappa shape index (κ3) is 2.89. The number of methoxy groups -OCH3 is 1. The van der Waals surface area contributed by atoms with Crippen molar-refractivity contribution in [3.05, 3.63) is 22.5 Å². The van der Waals surface area contributed by atoms with Gasteiger partial charge in [0.2, 0.25) is 5.88 Å². The van der Waals surface area contributed by atoms with Crippen LogP contribution >= 0.6 is 15.9 Å². The number of hydrogen-bond donors (Lipinski definition) is 0. The third-order valence-corrected chi connectivity index (χ3v) is 1.88. The molecule has 0 amide bonds. The summed E-state index contributed by atoms with van der Waals surface area (Å²) in [5.74, 6) is 0.690. The summed E-state index contributed by atoms with van der Waals surface area (Å²) in [5, 5.41) is 0. The van der Waals surface area contributed by atoms with Crippen LogP contribution in [-0.2, 0) is 4.74 Å². The van der Waals surface area contributed by atoms with Crippen molar-refractivity contribution in [2.24, 2.45) is 4.99 Å². The van der Waals surface area contributed by atoms with Crippen molar-refractivity contribution in [2.75, 3.05) is 7.11 Å². The van der Waals surface area contributed by atoms with E-state index in [0.29, 0.717) is 5.88 Å². The standard InChI is InChI=1S/C8H10BrNO/c1-11-8-5-3-2-4-7(9)6-10-8/h4-6H,2-3H2,1H3. The molecule has 1 aliphatic rings. The van der Waals surface area contributed by atoms with Crippen molar-refractivity contribution >= 4 is 22.1 Å². The molecule has 0 atom stereocenters. The summed E-state index contributed by atoms with van der Waals surface area (Å²) in [7, 11) is 1.63. The van der Waals surface area contributed by atoms with Gasteiger partial charge in [0.1, 0.15) is 0 Å². The quantitative estimate of drug-likeness (QED) is 0.660. The second kappa shape index (κ2) is 4.34. The molecule has 0 aliphatic carbocycles. The van der Waals surface area contributed by atoms with Gasteiger partial charge >= 0.3 is 0 Å². The Kier molecular flexibility index (Phi) is 3.36. The van der Waals surface area contributed by atoms with E-state index in [0.717, 1.165) is 17.3 Å². The number of ether oxygens (including phenoxy) is 1. The van der Waals surface area contributed by atoms with Gasteiger partial charge < -0.3 is 4.74 Å². The fraction of sp³-hybridized carbons (Fsp3) is 0.375. The summed E-state index contributed by atoms with van der Waals surface area (Å²) < 4.78 is 6.00. The number of hydrogen-bond acceptors (Lipinski definition) is 2. The lowest BCUT2D eigenvalue weighted by Crippen LogP contribution is -1.87. The van der Waals surface area contributed by atoms with Crippen LogP contribution in [0.3, 0.4) is 0 Å². The van der Waals surface area contributed by atoms with Crippen molar-refractivity contribution in [2.45, 2.75) is 12.8 Å². The molecule has 0 saturated carbocycles. The molecule has 11 heavy (non-hydrogen) atoms. The maximum atomic E-state index is 4.99. The van der Waals surface area contributed by atoms with Gasteiger partial charge in [0, 0.05) is 10.7 Å². The second-order valence-electron chi connectivity index (χ2n) is 2.17. The molecule has 0 spiro atoms. The fourth-order valence-corrected chi connectivity index (χ4v) is 1.13. The number of aliphatic imine (C=N–C) groups is 1. The predicted molar refractivity (Wildman–Crippen MR) is 49.8 cm³/mol. The predicted octanol–water partition coefficient (Wildman–Crippen LogP) is 2.62. The van der Waals surface area contributed by atoms with Crippen molar-refractivity contribution in [3.63, 3.8) is 0 Å². The number of nitrogens with zero attached hydrogens (tertiary/aromatic N) is 1. The van der Waals surface area contributed by atoms with Crippen molar-refractivity contribution in [1.82, 2.24) is 0 Å². The van der Waals surface area contributed by atoms with Crippen LogP contribution in [0, 0.1) is 0 Å². The van der Waals surface area contributed by atoms with Gasteiger partial charge in [-0.1, -0.05) is 6.08 Å². The second-order valence-corrected chi connectivity index (χ2v) is 3.09. The van der Waals surface area contributed by atoms with E-state index in [1.165, 1.54) is 0 Å². The van der Waals surface area contributed by atoms with Gasteiger partial charge in [0.15, 0.2) is 0 Å². The topological polar surface area (TPSA) is 21.6 Å². The highest BCUT2D eigenvalue weighted by Gasteiger charge is 1.94. The van der Waals surface area contributed by atoms with E-state index in [9.17, 15) is 0 Å². The lowest BCUT2D eigenvalue weighted by molar-refractivity contribution is 0.287. The molecule has 0 N–H and O–H groups in total. The smallest absolute Gasteiger partial charge is 0.208 e. The molecule has 0 aromatic carbocycles. The molecule has 60 valence electrons. The molecule has 0 fully saturated rings. The zero-order valence-electron chi connectivity index (χ0n) is 6.38. The highest BCUT2D eigenvalue weighted by molar-refractivity contribution is 9.12. The van der Waals surface area contributed by atoms with E-state index in [4.69, 9.17) is 4.74 Å². The van der Waals surface area contributed by atoms with Gasteiger partial charge in [-0.3, -0.25) is 0 Å². The molecule has 0 aromatic heterocycles. The normalized spacial score (nSPS) is 18.0. The van der Waals surface area contributed by atoms with Crippen LogP contribution in [0.5, 0.6) is 0 Å². The number of rotatable bonds is 1. The summed E-state index contributed by atoms with van der Waals surface area (Å²) >= 11 is 3.36. The summed E-state index contributed by atoms with van der Waals surface area (Å²) in [5.41, 5.74) is 0. The van der Waals surface area contributed by atoms with Gasteiger partial charge in [0.05, 0.1) is 7.11 Å². The number of allylic oxidation sites excluding steroid dienone is 3. The zero-order chi connectivity index (χ0) is 8.10. The van der Waals surface area contributed by atoms with Crippen LogP contribution in [0.2, 0.25) is 0 Å². The molecule has 1 aliphatic heterocycles. The monoisotopic (exact) mass is 215 g/mol. The Labute approximate surface area is 74.8 Å². The first kappa shape index (κ1) is 8.53. The first-order valence-electron chi connectivity index (χ1n) is 3.47. The molecule has 0 aromatic rings. The molecule has 0 bridgehead atoms. The average molecular weight is 216 g/mol. The Balaban J connectivity index is 2.71. The Morgan fingerprint density at radius 3 is 2.91 bits per heavy atom. The van der Waals surface area contributed by atoms with Crippen molar-refractivity contribution in [1.29, 1.82) is 0 Å². The molecular weight excluding hydrogens is 206 g/mol. The van der Waals surface area contributed by atoms with Crippen LogP contribution in [0.15, 0.2) is 27.5 Å². The molecule has 0 saturated heterocycles. The highest BCUT2D eigenvalue weighted by atomic mass is 79.9. The van der Waals surface area contributed by atoms with E-state index in [1.807, 2.05) is 6.08 Å². The summed E-state index contributed by atoms with van der Waals surface area (Å²) in [6.45, 7) is 0. The molecule has 1 heterocycles. The summed E-state index contributed by atoms with van der Waals surface area (Å²) in [4.78, 5) is 4.08. The average Bonchev–Trinajstić information content (AvgIpc) is 1.98. The summed E-state index contributed by atoms with van der Waals surface area (Å²) in [6.07, 6.45) is 7.82. The lowest BCUT2D eigenvalue weighted by Gasteiger charge is -2.01. The lowest BCUT2D eigenvalue weighted by atomic mass is 10.2. The van der Waals surface area contributed by atoms with Crippen LogP contribution in [0.4, 0.5) is 0 Å². The van der Waals surface area contributed by atoms with E-state index >= 15 is 0 Å². The molecule has 3 heteroatoms. The largest absolute Gasteiger partial charge is 0.481 e. The maximum Gasteiger partial charge on any atom is 0.208 e. The van der Waals surface area contributed by atoms with Crippen molar-refractivity contribution in [3.8, 4) is 0 Å². The van der Waals surface area contributed by atoms with Crippen molar-refractivity contribution < 1.29 is 4.74 Å². The van der Waals surface area contributed by atoms with E-state index in [-0.39, 0.29) is 0 Å². The molecule has 2 nitrogen and oxygen atoms in total. The van der Waals surface area contributed by atoms with E-state index in [2.05, 4.69) is 27.0 Å². The highest BCUT2D eigenvalue weighted by Crippen LogP contribution is 2.11. The molecule has 0 unspecified atom stereocenters. The summed E-state index contributed by atoms with van der Waals surface area (Å²) in [6, 6.07) is 0. The van der Waals surface area contributed by atoms with Gasteiger partial charge in [-0.25, -0.2) is 4.99 Å². The first-order chi connectivity index (χ1) is 5.33. The van der Waals surface area contributed by atoms with Gasteiger partial charge in [-0.2, -0.15) is 0 Å². The van der Waals surface area contributed by atoms with Crippen LogP contribution in [-0.4, -0.2) is 13.3 Å². The Bertz CT molecular complexity index is 218. The Morgan fingerprint density at radius 2 is 2.18 bits per heavy atom. The van der Waals surface area contributed by atoms with Gasteiger partial charge in [0.25, 0.3) is 0 Å². The van der Waals surface area contributed by atoms with Crippen LogP contribution in [0.25, 0.3) is 0 Å². The van der Waals surface area contributed by atoms with E-state index in [1.54, 1.807) is 13.3 Å². The molecule has 1 rings (SSSR count). The van der Waals surface area contributed by atoms with Crippen LogP contribution in [0.1, 0.15) is 12.8 Å². The van der Waals surface area contributed by atoms with Gasteiger partial charge in [-0.15, -0.1) is 0 Å². The molecular formula is C8H10BrNO. The van der Waals surface area contributed by atoms with Gasteiger partial charge in [-0.05, 0) is 34.8 Å². The zero-order valence-corrected chi connectivity index (χ0v) is 7.97. The van der Waals surface area contributed by atoms with Crippen LogP contribution < -0.4 is 0 Å². The number of halogens is 1. The SMILES string of the molecule is COC1=CCCC=C(Br)C=N1. The maximum absolute atomic E-state index is 4.99. The minimum absolute atomic E-state index is 0.690. The first-order valence-corrected chi connectivity index (χ1v) is 4.26. The minimum atomic E-state index is 0.690. The third-order valence-electron chi connectivity index (χ3n) is 1.35. The molecule has 0 radical (unpaired) electrons. The Hall–Kier alpha value is -0.570. The fourth-order valence-electron chi connectivity index (χ4n) is 0.795. The Morgan fingerprint density at radius 1 is 1.45 bits per heavy atom. The minimum Gasteiger partial charge on any atom is -0.481 e.